The molecule has 106 valence electrons. The van der Waals surface area contributed by atoms with Crippen molar-refractivity contribution in [3.05, 3.63) is 72.3 Å². The highest BCUT2D eigenvalue weighted by atomic mass is 19.1. The Morgan fingerprint density at radius 1 is 1.14 bits per heavy atom. The van der Waals surface area contributed by atoms with Gasteiger partial charge in [-0.3, -0.25) is 0 Å². The number of hydrogen-bond acceptors (Lipinski definition) is 3. The summed E-state index contributed by atoms with van der Waals surface area (Å²) in [6.07, 6.45) is 3.60. The van der Waals surface area contributed by atoms with Crippen LogP contribution in [0.25, 0.3) is 5.69 Å². The molecule has 0 aliphatic carbocycles. The number of nitrogens with zero attached hydrogens (tertiary/aromatic N) is 2. The van der Waals surface area contributed by atoms with Gasteiger partial charge in [0.15, 0.2) is 11.6 Å². The van der Waals surface area contributed by atoms with Crippen LogP contribution < -0.4 is 5.32 Å². The third-order valence-corrected chi connectivity index (χ3v) is 3.14. The molecule has 0 saturated heterocycles. The molecular weight excluding hydrogens is 269 g/mol. The fourth-order valence-corrected chi connectivity index (χ4v) is 2.02. The molecule has 0 radical (unpaired) electrons. The molecule has 2 aromatic carbocycles. The highest BCUT2D eigenvalue weighted by Crippen LogP contribution is 2.18. The molecule has 3 aromatic rings. The fraction of sp³-hybridized carbons (Fsp3) is 0.0625. The van der Waals surface area contributed by atoms with Crippen molar-refractivity contribution in [2.24, 2.45) is 0 Å². The van der Waals surface area contributed by atoms with Gasteiger partial charge >= 0.3 is 0 Å². The highest BCUT2D eigenvalue weighted by Gasteiger charge is 2.02. The number of nitrogens with one attached hydrogen (secondary N) is 1. The van der Waals surface area contributed by atoms with Gasteiger partial charge in [0.2, 0.25) is 0 Å². The second-order valence-electron chi connectivity index (χ2n) is 4.64. The third-order valence-electron chi connectivity index (χ3n) is 3.14. The van der Waals surface area contributed by atoms with Gasteiger partial charge in [-0.15, -0.1) is 0 Å². The van der Waals surface area contributed by atoms with Gasteiger partial charge in [0.25, 0.3) is 0 Å². The van der Waals surface area contributed by atoms with Crippen molar-refractivity contribution in [1.82, 2.24) is 9.78 Å². The number of anilines is 1. The second-order valence-corrected chi connectivity index (χ2v) is 4.64. The first kappa shape index (κ1) is 13.2. The molecule has 0 bridgehead atoms. The summed E-state index contributed by atoms with van der Waals surface area (Å²) in [7, 11) is 0. The Bertz CT molecular complexity index is 724. The number of aromatic hydroxyl groups is 1. The van der Waals surface area contributed by atoms with Gasteiger partial charge in [0.05, 0.1) is 5.69 Å². The van der Waals surface area contributed by atoms with Gasteiger partial charge in [0.1, 0.15) is 0 Å². The monoisotopic (exact) mass is 283 g/mol. The lowest BCUT2D eigenvalue weighted by molar-refractivity contribution is 0.432. The van der Waals surface area contributed by atoms with Crippen molar-refractivity contribution in [1.29, 1.82) is 0 Å². The number of aromatic nitrogens is 2. The number of phenolic OH excluding ortho intramolecular Hbond substituents is 1. The summed E-state index contributed by atoms with van der Waals surface area (Å²) >= 11 is 0. The summed E-state index contributed by atoms with van der Waals surface area (Å²) in [6.45, 7) is 0.484. The Kier molecular flexibility index (Phi) is 3.55. The number of hydrogen-bond donors (Lipinski definition) is 2. The minimum absolute atomic E-state index is 0.331. The third kappa shape index (κ3) is 3.02. The van der Waals surface area contributed by atoms with Crippen LogP contribution in [-0.4, -0.2) is 14.9 Å². The lowest BCUT2D eigenvalue weighted by Gasteiger charge is -2.08. The number of phenols is 1. The molecule has 0 unspecified atom stereocenters. The summed E-state index contributed by atoms with van der Waals surface area (Å²) in [5.41, 5.74) is 2.67. The summed E-state index contributed by atoms with van der Waals surface area (Å²) in [4.78, 5) is 0. The van der Waals surface area contributed by atoms with E-state index in [2.05, 4.69) is 10.4 Å². The van der Waals surface area contributed by atoms with E-state index in [1.807, 2.05) is 36.5 Å². The van der Waals surface area contributed by atoms with Gasteiger partial charge in [-0.2, -0.15) is 5.10 Å². The molecule has 3 rings (SSSR count). The predicted octanol–water partition coefficient (Wildman–Crippen LogP) is 3.33. The standard InChI is InChI=1S/C16H14FN3O/c17-15-10-12(2-7-16(15)21)11-18-13-3-5-14(6-4-13)20-9-1-8-19-20/h1-10,18,21H,11H2. The Morgan fingerprint density at radius 3 is 2.62 bits per heavy atom. The minimum atomic E-state index is -0.608. The Balaban J connectivity index is 1.66. The Hall–Kier alpha value is -2.82. The van der Waals surface area contributed by atoms with Gasteiger partial charge in [0, 0.05) is 24.6 Å². The van der Waals surface area contributed by atoms with E-state index in [1.54, 1.807) is 16.9 Å². The van der Waals surface area contributed by atoms with Crippen molar-refractivity contribution in [3.8, 4) is 11.4 Å². The van der Waals surface area contributed by atoms with E-state index >= 15 is 0 Å². The van der Waals surface area contributed by atoms with Gasteiger partial charge in [-0.1, -0.05) is 6.07 Å². The molecular formula is C16H14FN3O. The first-order valence-corrected chi connectivity index (χ1v) is 6.54. The van der Waals surface area contributed by atoms with Crippen molar-refractivity contribution in [3.63, 3.8) is 0 Å². The van der Waals surface area contributed by atoms with Gasteiger partial charge in [-0.25, -0.2) is 9.07 Å². The van der Waals surface area contributed by atoms with Crippen molar-refractivity contribution in [2.45, 2.75) is 6.54 Å². The van der Waals surface area contributed by atoms with E-state index in [-0.39, 0.29) is 5.75 Å². The summed E-state index contributed by atoms with van der Waals surface area (Å²) in [5.74, 6) is -0.939. The number of rotatable bonds is 4. The molecule has 0 spiro atoms. The average Bonchev–Trinajstić information content (AvgIpc) is 3.03. The molecule has 0 atom stereocenters. The van der Waals surface area contributed by atoms with Crippen LogP contribution >= 0.6 is 0 Å². The van der Waals surface area contributed by atoms with E-state index in [0.717, 1.165) is 16.9 Å². The van der Waals surface area contributed by atoms with Crippen molar-refractivity contribution in [2.75, 3.05) is 5.32 Å². The second kappa shape index (κ2) is 5.66. The lowest BCUT2D eigenvalue weighted by atomic mass is 10.2. The van der Waals surface area contributed by atoms with Gasteiger partial charge < -0.3 is 10.4 Å². The first-order chi connectivity index (χ1) is 10.2. The van der Waals surface area contributed by atoms with Crippen molar-refractivity contribution >= 4 is 5.69 Å². The van der Waals surface area contributed by atoms with Crippen LogP contribution in [0.3, 0.4) is 0 Å². The Labute approximate surface area is 121 Å². The smallest absolute Gasteiger partial charge is 0.165 e. The van der Waals surface area contributed by atoms with Crippen LogP contribution in [0.2, 0.25) is 0 Å². The maximum Gasteiger partial charge on any atom is 0.165 e. The van der Waals surface area contributed by atoms with Crippen LogP contribution in [0.15, 0.2) is 60.9 Å². The molecule has 1 heterocycles. The molecule has 0 fully saturated rings. The van der Waals surface area contributed by atoms with Crippen LogP contribution in [0.1, 0.15) is 5.56 Å². The summed E-state index contributed by atoms with van der Waals surface area (Å²) < 4.78 is 15.0. The van der Waals surface area contributed by atoms with Gasteiger partial charge in [-0.05, 0) is 48.0 Å². The van der Waals surface area contributed by atoms with Crippen molar-refractivity contribution < 1.29 is 9.50 Å². The maximum atomic E-state index is 13.2. The van der Waals surface area contributed by atoms with E-state index in [0.29, 0.717) is 6.54 Å². The van der Waals surface area contributed by atoms with E-state index in [1.165, 1.54) is 12.1 Å². The zero-order valence-electron chi connectivity index (χ0n) is 11.2. The van der Waals surface area contributed by atoms with E-state index in [4.69, 9.17) is 5.11 Å². The fourth-order valence-electron chi connectivity index (χ4n) is 2.02. The average molecular weight is 283 g/mol. The van der Waals surface area contributed by atoms with Crippen LogP contribution in [0.4, 0.5) is 10.1 Å². The molecule has 0 amide bonds. The summed E-state index contributed by atoms with van der Waals surface area (Å²) in [6, 6.07) is 14.0. The van der Waals surface area contributed by atoms with Crippen LogP contribution in [-0.2, 0) is 6.54 Å². The molecule has 0 saturated carbocycles. The molecule has 0 aliphatic rings. The van der Waals surface area contributed by atoms with Crippen LogP contribution in [0.5, 0.6) is 5.75 Å². The zero-order chi connectivity index (χ0) is 14.7. The normalized spacial score (nSPS) is 10.5. The SMILES string of the molecule is Oc1ccc(CNc2ccc(-n3cccn3)cc2)cc1F. The van der Waals surface area contributed by atoms with Crippen LogP contribution in [0, 0.1) is 5.82 Å². The van der Waals surface area contributed by atoms with E-state index < -0.39 is 5.82 Å². The Morgan fingerprint density at radius 2 is 1.95 bits per heavy atom. The molecule has 5 heteroatoms. The van der Waals surface area contributed by atoms with E-state index in [9.17, 15) is 4.39 Å². The lowest BCUT2D eigenvalue weighted by Crippen LogP contribution is -2.00. The quantitative estimate of drug-likeness (QED) is 0.772. The molecule has 21 heavy (non-hydrogen) atoms. The predicted molar refractivity (Wildman–Crippen MR) is 79.0 cm³/mol. The maximum absolute atomic E-state index is 13.2. The topological polar surface area (TPSA) is 50.1 Å². The largest absolute Gasteiger partial charge is 0.505 e. The first-order valence-electron chi connectivity index (χ1n) is 6.54. The molecule has 2 N–H and O–H groups in total. The molecule has 0 aliphatic heterocycles. The number of benzene rings is 2. The summed E-state index contributed by atoms with van der Waals surface area (Å²) in [5, 5.41) is 16.5. The molecule has 4 nitrogen and oxygen atoms in total. The highest BCUT2D eigenvalue weighted by molar-refractivity contribution is 5.49. The number of halogens is 1. The zero-order valence-corrected chi connectivity index (χ0v) is 11.2. The minimum Gasteiger partial charge on any atom is -0.505 e. The molecule has 1 aromatic heterocycles.